The molecule has 0 radical (unpaired) electrons. The summed E-state index contributed by atoms with van der Waals surface area (Å²) < 4.78 is 64.8. The summed E-state index contributed by atoms with van der Waals surface area (Å²) in [6.07, 6.45) is -4.97. The number of nitrogen functional groups attached to an aromatic ring is 1. The normalized spacial score (nSPS) is 11.2. The van der Waals surface area contributed by atoms with Gasteiger partial charge in [0.15, 0.2) is 0 Å². The van der Waals surface area contributed by atoms with Crippen LogP contribution in [-0.2, 0) is 11.3 Å². The Morgan fingerprint density at radius 1 is 1.06 bits per heavy atom. The van der Waals surface area contributed by atoms with E-state index in [-0.39, 0.29) is 29.5 Å². The van der Waals surface area contributed by atoms with Crippen LogP contribution in [0.5, 0.6) is 17.2 Å². The first kappa shape index (κ1) is 23.8. The molecule has 7 nitrogen and oxygen atoms in total. The van der Waals surface area contributed by atoms with Gasteiger partial charge in [0.2, 0.25) is 0 Å². The number of pyridine rings is 1. The van der Waals surface area contributed by atoms with Crippen molar-refractivity contribution < 1.29 is 36.6 Å². The molecule has 0 aliphatic rings. The Morgan fingerprint density at radius 2 is 1.73 bits per heavy atom. The maximum Gasteiger partial charge on any atom is 0.573 e. The second-order valence-electron chi connectivity index (χ2n) is 6.87. The number of hydrogen-bond acceptors (Lipinski definition) is 6. The average Bonchev–Trinajstić information content (AvgIpc) is 2.70. The van der Waals surface area contributed by atoms with Crippen LogP contribution < -0.4 is 20.5 Å². The maximum atomic E-state index is 13.6. The number of nitrogens with zero attached hydrogens (tertiary/aromatic N) is 1. The van der Waals surface area contributed by atoms with E-state index in [0.717, 1.165) is 17.7 Å². The van der Waals surface area contributed by atoms with Gasteiger partial charge in [-0.3, -0.25) is 4.79 Å². The molecule has 3 rings (SSSR count). The average molecular weight is 465 g/mol. The van der Waals surface area contributed by atoms with Crippen molar-refractivity contribution >= 4 is 17.4 Å². The number of anilines is 2. The third-order valence-electron chi connectivity index (χ3n) is 4.30. The Balaban J connectivity index is 1.70. The number of benzene rings is 2. The predicted molar refractivity (Wildman–Crippen MR) is 112 cm³/mol. The number of aryl methyl sites for hydroxylation is 1. The van der Waals surface area contributed by atoms with Gasteiger partial charge < -0.3 is 25.3 Å². The number of nitrogens with two attached hydrogens (primary N) is 1. The smallest absolute Gasteiger partial charge is 0.457 e. The van der Waals surface area contributed by atoms with E-state index in [0.29, 0.717) is 17.4 Å². The molecule has 0 spiro atoms. The van der Waals surface area contributed by atoms with E-state index in [1.165, 1.54) is 31.4 Å². The second kappa shape index (κ2) is 9.74. The number of carbonyl (C=O) groups excluding carboxylic acids is 1. The highest BCUT2D eigenvalue weighted by Gasteiger charge is 2.31. The fourth-order valence-electron chi connectivity index (χ4n) is 2.86. The Kier molecular flexibility index (Phi) is 7.02. The molecule has 2 aromatic carbocycles. The van der Waals surface area contributed by atoms with E-state index in [4.69, 9.17) is 15.2 Å². The zero-order chi connectivity index (χ0) is 24.2. The molecule has 0 atom stereocenters. The predicted octanol–water partition coefficient (Wildman–Crippen LogP) is 5.20. The summed E-state index contributed by atoms with van der Waals surface area (Å²) in [6, 6.07) is 9.88. The summed E-state index contributed by atoms with van der Waals surface area (Å²) in [6.45, 7) is 2.04. The van der Waals surface area contributed by atoms with E-state index in [1.807, 2.05) is 0 Å². The number of hydrogen-bond donors (Lipinski definition) is 2. The lowest BCUT2D eigenvalue weighted by Gasteiger charge is -2.12. The number of rotatable bonds is 7. The molecule has 1 heterocycles. The standard InChI is InChI=1S/C22H19F4N3O4/c1-12-7-18(20(27)29-19(12)11-31-2)21(30)28-14-3-5-15(6-4-14)32-16-8-13(23)9-17(10-16)33-22(24,25)26/h3-10H,11H2,1-2H3,(H2,27,29)(H,28,30). The fraction of sp³-hybridized carbons (Fsp3) is 0.182. The van der Waals surface area contributed by atoms with E-state index < -0.39 is 23.8 Å². The summed E-state index contributed by atoms with van der Waals surface area (Å²) in [7, 11) is 1.52. The van der Waals surface area contributed by atoms with E-state index in [1.54, 1.807) is 13.0 Å². The van der Waals surface area contributed by atoms with Gasteiger partial charge in [-0.05, 0) is 42.8 Å². The summed E-state index contributed by atoms with van der Waals surface area (Å²) in [5.41, 5.74) is 7.83. The molecule has 1 aromatic heterocycles. The van der Waals surface area contributed by atoms with Gasteiger partial charge in [0.05, 0.1) is 17.9 Å². The molecule has 0 fully saturated rings. The number of alkyl halides is 3. The molecular formula is C22H19F4N3O4. The zero-order valence-corrected chi connectivity index (χ0v) is 17.5. The molecule has 1 amide bonds. The van der Waals surface area contributed by atoms with Crippen LogP contribution in [0.15, 0.2) is 48.5 Å². The summed E-state index contributed by atoms with van der Waals surface area (Å²) in [5.74, 6) is -2.16. The molecule has 0 saturated carbocycles. The number of ether oxygens (including phenoxy) is 3. The quantitative estimate of drug-likeness (QED) is 0.466. The van der Waals surface area contributed by atoms with Gasteiger partial charge in [-0.25, -0.2) is 9.37 Å². The lowest BCUT2D eigenvalue weighted by atomic mass is 10.1. The minimum atomic E-state index is -4.97. The SMILES string of the molecule is COCc1nc(N)c(C(=O)Nc2ccc(Oc3cc(F)cc(OC(F)(F)F)c3)cc2)cc1C. The van der Waals surface area contributed by atoms with Crippen LogP contribution in [0, 0.1) is 12.7 Å². The molecule has 0 aliphatic carbocycles. The minimum Gasteiger partial charge on any atom is -0.457 e. The highest BCUT2D eigenvalue weighted by molar-refractivity contribution is 6.07. The minimum absolute atomic E-state index is 0.0492. The first-order valence-corrected chi connectivity index (χ1v) is 9.44. The number of methoxy groups -OCH3 is 1. The van der Waals surface area contributed by atoms with Gasteiger partial charge in [0, 0.05) is 31.0 Å². The largest absolute Gasteiger partial charge is 0.573 e. The van der Waals surface area contributed by atoms with Crippen molar-refractivity contribution in [3.8, 4) is 17.2 Å². The van der Waals surface area contributed by atoms with Crippen molar-refractivity contribution in [3.63, 3.8) is 0 Å². The van der Waals surface area contributed by atoms with Crippen molar-refractivity contribution in [2.75, 3.05) is 18.2 Å². The van der Waals surface area contributed by atoms with Gasteiger partial charge in [0.1, 0.15) is 28.9 Å². The van der Waals surface area contributed by atoms with Gasteiger partial charge in [-0.1, -0.05) is 0 Å². The monoisotopic (exact) mass is 465 g/mol. The Morgan fingerprint density at radius 3 is 2.36 bits per heavy atom. The summed E-state index contributed by atoms with van der Waals surface area (Å²) >= 11 is 0. The number of halogens is 4. The third kappa shape index (κ3) is 6.56. The Hall–Kier alpha value is -3.86. The lowest BCUT2D eigenvalue weighted by Crippen LogP contribution is -2.17. The van der Waals surface area contributed by atoms with Gasteiger partial charge in [0.25, 0.3) is 5.91 Å². The van der Waals surface area contributed by atoms with Crippen LogP contribution in [0.2, 0.25) is 0 Å². The van der Waals surface area contributed by atoms with Gasteiger partial charge >= 0.3 is 6.36 Å². The van der Waals surface area contributed by atoms with E-state index >= 15 is 0 Å². The highest BCUT2D eigenvalue weighted by Crippen LogP contribution is 2.31. The van der Waals surface area contributed by atoms with E-state index in [2.05, 4.69) is 15.0 Å². The van der Waals surface area contributed by atoms with Crippen molar-refractivity contribution in [1.29, 1.82) is 0 Å². The van der Waals surface area contributed by atoms with Crippen LogP contribution in [0.25, 0.3) is 0 Å². The Labute approximate surface area is 186 Å². The zero-order valence-electron chi connectivity index (χ0n) is 17.5. The van der Waals surface area contributed by atoms with Crippen LogP contribution in [0.4, 0.5) is 29.1 Å². The molecule has 174 valence electrons. The fourth-order valence-corrected chi connectivity index (χ4v) is 2.86. The molecule has 0 saturated heterocycles. The van der Waals surface area contributed by atoms with Crippen molar-refractivity contribution in [2.24, 2.45) is 0 Å². The van der Waals surface area contributed by atoms with Crippen molar-refractivity contribution in [2.45, 2.75) is 19.9 Å². The second-order valence-corrected chi connectivity index (χ2v) is 6.87. The van der Waals surface area contributed by atoms with Crippen LogP contribution in [-0.4, -0.2) is 24.4 Å². The van der Waals surface area contributed by atoms with Crippen molar-refractivity contribution in [3.05, 3.63) is 71.2 Å². The van der Waals surface area contributed by atoms with Gasteiger partial charge in [-0.2, -0.15) is 0 Å². The molecule has 0 aliphatic heterocycles. The molecule has 0 bridgehead atoms. The van der Waals surface area contributed by atoms with Crippen LogP contribution >= 0.6 is 0 Å². The highest BCUT2D eigenvalue weighted by atomic mass is 19.4. The third-order valence-corrected chi connectivity index (χ3v) is 4.30. The van der Waals surface area contributed by atoms with Gasteiger partial charge in [-0.15, -0.1) is 13.2 Å². The molecule has 3 aromatic rings. The number of aromatic nitrogens is 1. The molecule has 33 heavy (non-hydrogen) atoms. The topological polar surface area (TPSA) is 95.7 Å². The number of carbonyl (C=O) groups is 1. The Bertz CT molecular complexity index is 1150. The maximum absolute atomic E-state index is 13.6. The van der Waals surface area contributed by atoms with Crippen molar-refractivity contribution in [1.82, 2.24) is 4.98 Å². The lowest BCUT2D eigenvalue weighted by molar-refractivity contribution is -0.274. The first-order chi connectivity index (χ1) is 15.5. The summed E-state index contributed by atoms with van der Waals surface area (Å²) in [4.78, 5) is 16.8. The summed E-state index contributed by atoms with van der Waals surface area (Å²) in [5, 5.41) is 2.66. The molecule has 3 N–H and O–H groups in total. The van der Waals surface area contributed by atoms with Crippen LogP contribution in [0.1, 0.15) is 21.6 Å². The van der Waals surface area contributed by atoms with E-state index in [9.17, 15) is 22.4 Å². The molecular weight excluding hydrogens is 446 g/mol. The number of nitrogens with one attached hydrogen (secondary N) is 1. The number of amides is 1. The first-order valence-electron chi connectivity index (χ1n) is 9.44. The molecule has 0 unspecified atom stereocenters. The molecule has 11 heteroatoms. The van der Waals surface area contributed by atoms with Crippen LogP contribution in [0.3, 0.4) is 0 Å².